The summed E-state index contributed by atoms with van der Waals surface area (Å²) in [4.78, 5) is 41.2. The molecule has 2 aromatic rings. The highest BCUT2D eigenvalue weighted by molar-refractivity contribution is 5.98. The van der Waals surface area contributed by atoms with E-state index in [1.807, 2.05) is 13.8 Å². The van der Waals surface area contributed by atoms with Gasteiger partial charge in [-0.05, 0) is 18.8 Å². The Kier molecular flexibility index (Phi) is 2.84. The van der Waals surface area contributed by atoms with Gasteiger partial charge in [0.05, 0.1) is 12.1 Å². The number of aromatic amines is 1. The third kappa shape index (κ3) is 2.05. The summed E-state index contributed by atoms with van der Waals surface area (Å²) in [5.74, 6) is -0.601. The van der Waals surface area contributed by atoms with Crippen molar-refractivity contribution in [3.63, 3.8) is 0 Å². The zero-order chi connectivity index (χ0) is 16.3. The molecule has 0 bridgehead atoms. The van der Waals surface area contributed by atoms with Crippen LogP contribution in [0.25, 0.3) is 5.65 Å². The SMILES string of the molecule is CC(C)c1c(C(=O)NC2CC2)[nH]n2c(=O)c3c(nc12)C(=O)NC3. The fourth-order valence-corrected chi connectivity index (χ4v) is 2.93. The number of amides is 2. The van der Waals surface area contributed by atoms with E-state index in [-0.39, 0.29) is 41.6 Å². The maximum absolute atomic E-state index is 12.6. The topological polar surface area (TPSA) is 108 Å². The number of nitrogens with one attached hydrogen (secondary N) is 3. The lowest BCUT2D eigenvalue weighted by atomic mass is 10.0. The van der Waals surface area contributed by atoms with Gasteiger partial charge >= 0.3 is 0 Å². The molecule has 2 aromatic heterocycles. The molecule has 0 atom stereocenters. The number of aromatic nitrogens is 3. The van der Waals surface area contributed by atoms with Crippen LogP contribution in [-0.2, 0) is 6.54 Å². The quantitative estimate of drug-likeness (QED) is 0.756. The minimum absolute atomic E-state index is 0.0226. The Morgan fingerprint density at radius 1 is 1.35 bits per heavy atom. The summed E-state index contributed by atoms with van der Waals surface area (Å²) in [6.07, 6.45) is 1.96. The highest BCUT2D eigenvalue weighted by atomic mass is 16.2. The lowest BCUT2D eigenvalue weighted by Crippen LogP contribution is -2.27. The number of H-pyrrole nitrogens is 1. The molecular weight excluding hydrogens is 298 g/mol. The number of rotatable bonds is 3. The monoisotopic (exact) mass is 315 g/mol. The average Bonchev–Trinajstić information content (AvgIpc) is 3.09. The fraction of sp³-hybridized carbons (Fsp3) is 0.467. The maximum atomic E-state index is 12.6. The number of hydrogen-bond donors (Lipinski definition) is 3. The smallest absolute Gasteiger partial charge is 0.278 e. The second kappa shape index (κ2) is 4.68. The van der Waals surface area contributed by atoms with Crippen molar-refractivity contribution in [1.82, 2.24) is 25.2 Å². The maximum Gasteiger partial charge on any atom is 0.278 e. The van der Waals surface area contributed by atoms with Crippen LogP contribution in [0, 0.1) is 0 Å². The molecule has 23 heavy (non-hydrogen) atoms. The minimum Gasteiger partial charge on any atom is -0.348 e. The van der Waals surface area contributed by atoms with E-state index in [9.17, 15) is 14.4 Å². The normalized spacial score (nSPS) is 16.7. The van der Waals surface area contributed by atoms with Gasteiger partial charge in [-0.1, -0.05) is 13.8 Å². The highest BCUT2D eigenvalue weighted by Gasteiger charge is 2.31. The molecule has 0 unspecified atom stereocenters. The van der Waals surface area contributed by atoms with Crippen molar-refractivity contribution >= 4 is 17.5 Å². The van der Waals surface area contributed by atoms with E-state index in [1.165, 1.54) is 4.52 Å². The molecule has 3 heterocycles. The Balaban J connectivity index is 1.96. The lowest BCUT2D eigenvalue weighted by Gasteiger charge is -2.07. The third-order valence-electron chi connectivity index (χ3n) is 4.27. The van der Waals surface area contributed by atoms with Crippen molar-refractivity contribution in [2.45, 2.75) is 45.2 Å². The van der Waals surface area contributed by atoms with Crippen LogP contribution >= 0.6 is 0 Å². The van der Waals surface area contributed by atoms with Gasteiger partial charge in [0.15, 0.2) is 5.65 Å². The molecule has 1 saturated carbocycles. The first-order chi connectivity index (χ1) is 11.0. The zero-order valence-electron chi connectivity index (χ0n) is 12.9. The van der Waals surface area contributed by atoms with E-state index in [0.29, 0.717) is 22.5 Å². The fourth-order valence-electron chi connectivity index (χ4n) is 2.93. The van der Waals surface area contributed by atoms with E-state index in [0.717, 1.165) is 12.8 Å². The van der Waals surface area contributed by atoms with Gasteiger partial charge < -0.3 is 10.6 Å². The first-order valence-electron chi connectivity index (χ1n) is 7.74. The standard InChI is InChI=1S/C15H17N5O3/c1-6(2)9-11(14(22)17-7-3-4-7)19-20-12(9)18-10-8(15(20)23)5-16-13(10)21/h6-7,19H,3-5H2,1-2H3,(H,16,21)(H,17,22). The molecule has 120 valence electrons. The summed E-state index contributed by atoms with van der Waals surface area (Å²) < 4.78 is 1.27. The van der Waals surface area contributed by atoms with Gasteiger partial charge in [-0.25, -0.2) is 9.50 Å². The molecule has 1 aliphatic heterocycles. The summed E-state index contributed by atoms with van der Waals surface area (Å²) in [5.41, 5.74) is 1.50. The zero-order valence-corrected chi connectivity index (χ0v) is 12.9. The van der Waals surface area contributed by atoms with Crippen molar-refractivity contribution < 1.29 is 9.59 Å². The van der Waals surface area contributed by atoms with Crippen molar-refractivity contribution in [2.75, 3.05) is 0 Å². The van der Waals surface area contributed by atoms with Gasteiger partial charge in [-0.2, -0.15) is 0 Å². The summed E-state index contributed by atoms with van der Waals surface area (Å²) in [7, 11) is 0. The van der Waals surface area contributed by atoms with Gasteiger partial charge in [0.2, 0.25) is 0 Å². The number of nitrogens with zero attached hydrogens (tertiary/aromatic N) is 2. The lowest BCUT2D eigenvalue weighted by molar-refractivity contribution is 0.0941. The van der Waals surface area contributed by atoms with E-state index in [1.54, 1.807) is 0 Å². The number of hydrogen-bond acceptors (Lipinski definition) is 4. The van der Waals surface area contributed by atoms with Crippen LogP contribution in [-0.4, -0.2) is 32.5 Å². The molecule has 0 aromatic carbocycles. The second-order valence-corrected chi connectivity index (χ2v) is 6.39. The van der Waals surface area contributed by atoms with Crippen LogP contribution < -0.4 is 16.2 Å². The minimum atomic E-state index is -0.348. The number of carbonyl (C=O) groups is 2. The van der Waals surface area contributed by atoms with Crippen LogP contribution in [0.4, 0.5) is 0 Å². The number of fused-ring (bicyclic) bond motifs is 2. The second-order valence-electron chi connectivity index (χ2n) is 6.39. The summed E-state index contributed by atoms with van der Waals surface area (Å²) in [5, 5.41) is 8.40. The average molecular weight is 315 g/mol. The predicted octanol–water partition coefficient (Wildman–Crippen LogP) is 0.282. The van der Waals surface area contributed by atoms with Crippen molar-refractivity contribution in [3.05, 3.63) is 32.9 Å². The van der Waals surface area contributed by atoms with Gasteiger partial charge in [0.1, 0.15) is 11.4 Å². The summed E-state index contributed by atoms with van der Waals surface area (Å²) >= 11 is 0. The largest absolute Gasteiger partial charge is 0.348 e. The Morgan fingerprint density at radius 2 is 2.09 bits per heavy atom. The Bertz CT molecular complexity index is 904. The molecule has 3 N–H and O–H groups in total. The number of carbonyl (C=O) groups excluding carboxylic acids is 2. The Hall–Kier alpha value is -2.64. The van der Waals surface area contributed by atoms with Crippen LogP contribution in [0.2, 0.25) is 0 Å². The first-order valence-corrected chi connectivity index (χ1v) is 7.74. The molecule has 2 aliphatic rings. The van der Waals surface area contributed by atoms with Crippen LogP contribution in [0.15, 0.2) is 4.79 Å². The molecule has 4 rings (SSSR count). The van der Waals surface area contributed by atoms with Crippen LogP contribution in [0.3, 0.4) is 0 Å². The van der Waals surface area contributed by atoms with E-state index >= 15 is 0 Å². The molecule has 1 aliphatic carbocycles. The Labute approximate surface area is 131 Å². The molecular formula is C15H17N5O3. The molecule has 8 heteroatoms. The van der Waals surface area contributed by atoms with Gasteiger partial charge in [0.25, 0.3) is 17.4 Å². The van der Waals surface area contributed by atoms with E-state index in [2.05, 4.69) is 20.7 Å². The molecule has 8 nitrogen and oxygen atoms in total. The molecule has 0 spiro atoms. The molecule has 1 fully saturated rings. The third-order valence-corrected chi connectivity index (χ3v) is 4.27. The van der Waals surface area contributed by atoms with Gasteiger partial charge in [-0.15, -0.1) is 0 Å². The van der Waals surface area contributed by atoms with E-state index in [4.69, 9.17) is 0 Å². The first kappa shape index (κ1) is 14.0. The van der Waals surface area contributed by atoms with E-state index < -0.39 is 0 Å². The predicted molar refractivity (Wildman–Crippen MR) is 81.6 cm³/mol. The molecule has 0 radical (unpaired) electrons. The van der Waals surface area contributed by atoms with Crippen LogP contribution in [0.1, 0.15) is 64.7 Å². The molecule has 0 saturated heterocycles. The molecule has 2 amide bonds. The van der Waals surface area contributed by atoms with Crippen molar-refractivity contribution in [3.8, 4) is 0 Å². The highest BCUT2D eigenvalue weighted by Crippen LogP contribution is 2.26. The summed E-state index contributed by atoms with van der Waals surface area (Å²) in [6.45, 7) is 4.02. The van der Waals surface area contributed by atoms with Crippen molar-refractivity contribution in [1.29, 1.82) is 0 Å². The van der Waals surface area contributed by atoms with Crippen LogP contribution in [0.5, 0.6) is 0 Å². The van der Waals surface area contributed by atoms with Crippen molar-refractivity contribution in [2.24, 2.45) is 0 Å². The Morgan fingerprint density at radius 3 is 2.74 bits per heavy atom. The van der Waals surface area contributed by atoms with Gasteiger partial charge in [0, 0.05) is 11.6 Å². The van der Waals surface area contributed by atoms with Gasteiger partial charge in [-0.3, -0.25) is 19.5 Å². The summed E-state index contributed by atoms with van der Waals surface area (Å²) in [6, 6.07) is 0.217.